The normalized spacial score (nSPS) is 14.5. The SMILES string of the molecule is CCCCOC[C@@H](O)CN(Cc1c(C)nn(-c2ccccc2)c1Oc1ccccc1F)C1CC1. The molecule has 1 aliphatic carbocycles. The third-order valence-corrected chi connectivity index (χ3v) is 6.00. The summed E-state index contributed by atoms with van der Waals surface area (Å²) >= 11 is 0. The maximum absolute atomic E-state index is 14.5. The summed E-state index contributed by atoms with van der Waals surface area (Å²) in [5, 5.41) is 15.3. The summed E-state index contributed by atoms with van der Waals surface area (Å²) in [6.45, 7) is 6.11. The summed E-state index contributed by atoms with van der Waals surface area (Å²) in [7, 11) is 0. The largest absolute Gasteiger partial charge is 0.435 e. The minimum atomic E-state index is -0.571. The smallest absolute Gasteiger partial charge is 0.227 e. The second-order valence-corrected chi connectivity index (χ2v) is 8.89. The van der Waals surface area contributed by atoms with E-state index in [2.05, 4.69) is 11.8 Å². The maximum atomic E-state index is 14.5. The first-order valence-corrected chi connectivity index (χ1v) is 12.1. The zero-order valence-corrected chi connectivity index (χ0v) is 20.0. The van der Waals surface area contributed by atoms with Crippen LogP contribution in [-0.4, -0.2) is 51.7 Å². The van der Waals surface area contributed by atoms with Crippen molar-refractivity contribution < 1.29 is 19.0 Å². The lowest BCUT2D eigenvalue weighted by Crippen LogP contribution is -2.36. The van der Waals surface area contributed by atoms with Gasteiger partial charge in [0.15, 0.2) is 11.6 Å². The van der Waals surface area contributed by atoms with E-state index in [9.17, 15) is 9.50 Å². The Kier molecular flexibility index (Phi) is 8.32. The van der Waals surface area contributed by atoms with Gasteiger partial charge in [-0.3, -0.25) is 4.90 Å². The van der Waals surface area contributed by atoms with Crippen molar-refractivity contribution in [3.63, 3.8) is 0 Å². The number of nitrogens with zero attached hydrogens (tertiary/aromatic N) is 3. The van der Waals surface area contributed by atoms with E-state index in [-0.39, 0.29) is 5.75 Å². The molecule has 0 radical (unpaired) electrons. The standard InChI is InChI=1S/C27H34FN3O3/c1-3-4-16-33-19-23(32)17-30(21-14-15-21)18-24-20(2)29-31(22-10-6-5-7-11-22)27(24)34-26-13-9-8-12-25(26)28/h5-13,21,23,32H,3-4,14-19H2,1-2H3/t23-/m0/s1. The second-order valence-electron chi connectivity index (χ2n) is 8.89. The van der Waals surface area contributed by atoms with Gasteiger partial charge in [0.25, 0.3) is 0 Å². The molecule has 4 rings (SSSR count). The molecule has 0 amide bonds. The Balaban J connectivity index is 1.59. The van der Waals surface area contributed by atoms with Crippen LogP contribution >= 0.6 is 0 Å². The number of unbranched alkanes of at least 4 members (excludes halogenated alkanes) is 1. The lowest BCUT2D eigenvalue weighted by Gasteiger charge is -2.25. The van der Waals surface area contributed by atoms with E-state index in [0.29, 0.717) is 38.2 Å². The molecule has 2 aromatic carbocycles. The summed E-state index contributed by atoms with van der Waals surface area (Å²) in [5.41, 5.74) is 2.54. The van der Waals surface area contributed by atoms with Crippen molar-refractivity contribution in [2.45, 2.75) is 58.2 Å². The van der Waals surface area contributed by atoms with Gasteiger partial charge in [0.05, 0.1) is 29.7 Å². The quantitative estimate of drug-likeness (QED) is 0.348. The van der Waals surface area contributed by atoms with E-state index in [1.54, 1.807) is 22.9 Å². The molecule has 6 nitrogen and oxygen atoms in total. The predicted octanol–water partition coefficient (Wildman–Crippen LogP) is 5.25. The zero-order chi connectivity index (χ0) is 23.9. The first kappa shape index (κ1) is 24.4. The number of aliphatic hydroxyl groups is 1. The van der Waals surface area contributed by atoms with Gasteiger partial charge in [0, 0.05) is 25.7 Å². The molecule has 34 heavy (non-hydrogen) atoms. The fourth-order valence-electron chi connectivity index (χ4n) is 3.98. The zero-order valence-electron chi connectivity index (χ0n) is 20.0. The van der Waals surface area contributed by atoms with Crippen LogP contribution < -0.4 is 4.74 Å². The summed E-state index contributed by atoms with van der Waals surface area (Å²) in [6.07, 6.45) is 3.68. The molecule has 0 saturated heterocycles. The van der Waals surface area contributed by atoms with E-state index in [0.717, 1.165) is 42.6 Å². The number of hydrogen-bond acceptors (Lipinski definition) is 5. The van der Waals surface area contributed by atoms with Crippen LogP contribution in [0.3, 0.4) is 0 Å². The predicted molar refractivity (Wildman–Crippen MR) is 130 cm³/mol. The summed E-state index contributed by atoms with van der Waals surface area (Å²) in [4.78, 5) is 2.27. The summed E-state index contributed by atoms with van der Waals surface area (Å²) in [6, 6.07) is 16.5. The number of benzene rings is 2. The van der Waals surface area contributed by atoms with Gasteiger partial charge >= 0.3 is 0 Å². The van der Waals surface area contributed by atoms with Gasteiger partial charge in [-0.05, 0) is 50.5 Å². The highest BCUT2D eigenvalue weighted by Crippen LogP contribution is 2.35. The van der Waals surface area contributed by atoms with Gasteiger partial charge in [0.2, 0.25) is 5.88 Å². The van der Waals surface area contributed by atoms with Crippen LogP contribution in [0.5, 0.6) is 11.6 Å². The van der Waals surface area contributed by atoms with Crippen LogP contribution in [0.2, 0.25) is 0 Å². The molecule has 1 aliphatic rings. The molecule has 1 saturated carbocycles. The van der Waals surface area contributed by atoms with E-state index in [4.69, 9.17) is 14.6 Å². The van der Waals surface area contributed by atoms with Crippen LogP contribution in [0, 0.1) is 12.7 Å². The van der Waals surface area contributed by atoms with Gasteiger partial charge in [-0.25, -0.2) is 9.07 Å². The van der Waals surface area contributed by atoms with E-state index in [1.165, 1.54) is 6.07 Å². The first-order chi connectivity index (χ1) is 16.6. The third-order valence-electron chi connectivity index (χ3n) is 6.00. The fraction of sp³-hybridized carbons (Fsp3) is 0.444. The second kappa shape index (κ2) is 11.6. The van der Waals surface area contributed by atoms with Gasteiger partial charge in [0.1, 0.15) is 0 Å². The van der Waals surface area contributed by atoms with Crippen molar-refractivity contribution in [2.75, 3.05) is 19.8 Å². The molecule has 1 heterocycles. The Bertz CT molecular complexity index is 1050. The van der Waals surface area contributed by atoms with Crippen LogP contribution in [0.1, 0.15) is 43.9 Å². The van der Waals surface area contributed by atoms with Crippen molar-refractivity contribution >= 4 is 0 Å². The third kappa shape index (κ3) is 6.23. The van der Waals surface area contributed by atoms with Crippen LogP contribution in [0.4, 0.5) is 4.39 Å². The Labute approximate surface area is 200 Å². The van der Waals surface area contributed by atoms with Gasteiger partial charge in [-0.2, -0.15) is 5.10 Å². The van der Waals surface area contributed by atoms with Crippen molar-refractivity contribution in [3.05, 3.63) is 71.7 Å². The molecule has 1 aromatic heterocycles. The topological polar surface area (TPSA) is 59.8 Å². The minimum absolute atomic E-state index is 0.156. The Hall–Kier alpha value is -2.74. The molecule has 0 spiro atoms. The van der Waals surface area contributed by atoms with Crippen molar-refractivity contribution in [3.8, 4) is 17.3 Å². The highest BCUT2D eigenvalue weighted by atomic mass is 19.1. The Morgan fingerprint density at radius 1 is 1.15 bits per heavy atom. The number of aryl methyl sites for hydroxylation is 1. The van der Waals surface area contributed by atoms with Crippen molar-refractivity contribution in [1.82, 2.24) is 14.7 Å². The number of aliphatic hydroxyl groups excluding tert-OH is 1. The molecule has 0 bridgehead atoms. The maximum Gasteiger partial charge on any atom is 0.227 e. The van der Waals surface area contributed by atoms with Crippen LogP contribution in [0.15, 0.2) is 54.6 Å². The molecule has 1 N–H and O–H groups in total. The number of aromatic nitrogens is 2. The van der Waals surface area contributed by atoms with Crippen LogP contribution in [-0.2, 0) is 11.3 Å². The molecular weight excluding hydrogens is 433 g/mol. The highest BCUT2D eigenvalue weighted by Gasteiger charge is 2.32. The van der Waals surface area contributed by atoms with E-state index in [1.807, 2.05) is 37.3 Å². The fourth-order valence-corrected chi connectivity index (χ4v) is 3.98. The van der Waals surface area contributed by atoms with Gasteiger partial charge < -0.3 is 14.6 Å². The monoisotopic (exact) mass is 467 g/mol. The average Bonchev–Trinajstić information content (AvgIpc) is 3.65. The van der Waals surface area contributed by atoms with E-state index < -0.39 is 11.9 Å². The number of para-hydroxylation sites is 2. The lowest BCUT2D eigenvalue weighted by molar-refractivity contribution is 0.0127. The number of ether oxygens (including phenoxy) is 2. The molecule has 1 fully saturated rings. The summed E-state index contributed by atoms with van der Waals surface area (Å²) in [5.74, 6) is 0.224. The summed E-state index contributed by atoms with van der Waals surface area (Å²) < 4.78 is 28.0. The molecule has 0 unspecified atom stereocenters. The Morgan fingerprint density at radius 3 is 2.59 bits per heavy atom. The molecular formula is C27H34FN3O3. The number of hydrogen-bond donors (Lipinski definition) is 1. The first-order valence-electron chi connectivity index (χ1n) is 12.1. The molecule has 0 aliphatic heterocycles. The number of halogens is 1. The molecule has 1 atom stereocenters. The molecule has 182 valence electrons. The lowest BCUT2D eigenvalue weighted by atomic mass is 10.2. The van der Waals surface area contributed by atoms with Crippen molar-refractivity contribution in [1.29, 1.82) is 0 Å². The number of rotatable bonds is 13. The average molecular weight is 468 g/mol. The van der Waals surface area contributed by atoms with Gasteiger partial charge in [-0.15, -0.1) is 0 Å². The minimum Gasteiger partial charge on any atom is -0.435 e. The van der Waals surface area contributed by atoms with Crippen molar-refractivity contribution in [2.24, 2.45) is 0 Å². The van der Waals surface area contributed by atoms with Crippen LogP contribution in [0.25, 0.3) is 5.69 Å². The Morgan fingerprint density at radius 2 is 1.88 bits per heavy atom. The molecule has 3 aromatic rings. The molecule has 7 heteroatoms. The highest BCUT2D eigenvalue weighted by molar-refractivity contribution is 5.43. The van der Waals surface area contributed by atoms with E-state index >= 15 is 0 Å². The van der Waals surface area contributed by atoms with Gasteiger partial charge in [-0.1, -0.05) is 43.7 Å².